The Morgan fingerprint density at radius 1 is 1.32 bits per heavy atom. The van der Waals surface area contributed by atoms with Gasteiger partial charge in [0.2, 0.25) is 5.82 Å². The fourth-order valence-electron chi connectivity index (χ4n) is 3.11. The lowest BCUT2D eigenvalue weighted by atomic mass is 10.1. The first kappa shape index (κ1) is 17.5. The summed E-state index contributed by atoms with van der Waals surface area (Å²) in [6, 6.07) is 6.57. The molecule has 1 N–H and O–H groups in total. The maximum atomic E-state index is 14.2. The van der Waals surface area contributed by atoms with Crippen molar-refractivity contribution in [3.8, 4) is 5.69 Å². The van der Waals surface area contributed by atoms with Gasteiger partial charge >= 0.3 is 0 Å². The van der Waals surface area contributed by atoms with E-state index in [-0.39, 0.29) is 29.5 Å². The zero-order valence-corrected chi connectivity index (χ0v) is 14.9. The molecule has 1 aromatic heterocycles. The first-order valence-electron chi connectivity index (χ1n) is 8.68. The molecule has 3 rings (SSSR count). The third-order valence-electron chi connectivity index (χ3n) is 4.60. The van der Waals surface area contributed by atoms with E-state index in [0.717, 1.165) is 25.9 Å². The molecule has 0 atom stereocenters. The number of carbonyl (C=O) groups is 1. The fourth-order valence-corrected chi connectivity index (χ4v) is 3.11. The predicted octanol–water partition coefficient (Wildman–Crippen LogP) is 2.35. The van der Waals surface area contributed by atoms with Crippen LogP contribution in [0.4, 0.5) is 4.39 Å². The Morgan fingerprint density at radius 2 is 2.00 bits per heavy atom. The highest BCUT2D eigenvalue weighted by Gasteiger charge is 2.27. The van der Waals surface area contributed by atoms with E-state index >= 15 is 0 Å². The van der Waals surface area contributed by atoms with Crippen LogP contribution in [0.2, 0.25) is 0 Å². The van der Waals surface area contributed by atoms with Crippen LogP contribution in [-0.2, 0) is 0 Å². The van der Waals surface area contributed by atoms with Gasteiger partial charge in [-0.3, -0.25) is 4.79 Å². The Morgan fingerprint density at radius 3 is 2.64 bits per heavy atom. The highest BCUT2D eigenvalue weighted by atomic mass is 19.1. The quantitative estimate of drug-likeness (QED) is 0.924. The number of aromatic nitrogens is 3. The Labute approximate surface area is 147 Å². The van der Waals surface area contributed by atoms with Gasteiger partial charge in [0.15, 0.2) is 0 Å². The number of carbonyl (C=O) groups excluding carboxylic acids is 1. The number of para-hydroxylation sites is 1. The van der Waals surface area contributed by atoms with Crippen LogP contribution < -0.4 is 5.32 Å². The number of halogens is 1. The molecule has 1 amide bonds. The average molecular weight is 345 g/mol. The molecule has 0 spiro atoms. The molecule has 2 heterocycles. The van der Waals surface area contributed by atoms with Gasteiger partial charge in [0.05, 0.1) is 0 Å². The summed E-state index contributed by atoms with van der Waals surface area (Å²) < 4.78 is 15.6. The highest BCUT2D eigenvalue weighted by molar-refractivity contribution is 5.90. The third kappa shape index (κ3) is 3.56. The van der Waals surface area contributed by atoms with Crippen LogP contribution in [0.3, 0.4) is 0 Å². The predicted molar refractivity (Wildman–Crippen MR) is 93.4 cm³/mol. The van der Waals surface area contributed by atoms with Crippen molar-refractivity contribution in [2.45, 2.75) is 38.6 Å². The van der Waals surface area contributed by atoms with Gasteiger partial charge < -0.3 is 10.2 Å². The van der Waals surface area contributed by atoms with Gasteiger partial charge in [0.1, 0.15) is 17.3 Å². The second-order valence-corrected chi connectivity index (χ2v) is 6.71. The van der Waals surface area contributed by atoms with Crippen molar-refractivity contribution in [1.29, 1.82) is 0 Å². The minimum Gasteiger partial charge on any atom is -0.336 e. The Balaban J connectivity index is 1.93. The second kappa shape index (κ2) is 7.31. The molecular weight excluding hydrogens is 321 g/mol. The van der Waals surface area contributed by atoms with Crippen molar-refractivity contribution >= 4 is 5.91 Å². The molecular formula is C18H24FN5O. The van der Waals surface area contributed by atoms with Crippen molar-refractivity contribution in [3.05, 3.63) is 41.7 Å². The first-order valence-corrected chi connectivity index (χ1v) is 8.68. The number of nitrogens with zero attached hydrogens (tertiary/aromatic N) is 4. The smallest absolute Gasteiger partial charge is 0.293 e. The summed E-state index contributed by atoms with van der Waals surface area (Å²) >= 11 is 0. The minimum atomic E-state index is -0.389. The molecule has 0 saturated carbocycles. The topological polar surface area (TPSA) is 63.1 Å². The van der Waals surface area contributed by atoms with Crippen LogP contribution in [0, 0.1) is 5.82 Å². The van der Waals surface area contributed by atoms with Crippen LogP contribution in [0.1, 0.15) is 49.1 Å². The monoisotopic (exact) mass is 345 g/mol. The number of hydrogen-bond donors (Lipinski definition) is 1. The van der Waals surface area contributed by atoms with Gasteiger partial charge in [-0.05, 0) is 38.1 Å². The maximum Gasteiger partial charge on any atom is 0.293 e. The van der Waals surface area contributed by atoms with E-state index in [1.807, 2.05) is 13.8 Å². The maximum absolute atomic E-state index is 14.2. The fraction of sp³-hybridized carbons (Fsp3) is 0.500. The molecule has 25 heavy (non-hydrogen) atoms. The normalized spacial score (nSPS) is 15.6. The van der Waals surface area contributed by atoms with Crippen LogP contribution in [-0.4, -0.2) is 51.8 Å². The number of nitrogens with one attached hydrogen (secondary N) is 1. The van der Waals surface area contributed by atoms with Crippen LogP contribution in [0.15, 0.2) is 24.3 Å². The second-order valence-electron chi connectivity index (χ2n) is 6.71. The summed E-state index contributed by atoms with van der Waals surface area (Å²) in [6.45, 7) is 5.70. The number of piperidine rings is 1. The van der Waals surface area contributed by atoms with Crippen molar-refractivity contribution in [2.75, 3.05) is 20.1 Å². The molecule has 7 heteroatoms. The third-order valence-corrected chi connectivity index (χ3v) is 4.60. The van der Waals surface area contributed by atoms with Crippen LogP contribution >= 0.6 is 0 Å². The van der Waals surface area contributed by atoms with E-state index in [1.54, 1.807) is 30.1 Å². The summed E-state index contributed by atoms with van der Waals surface area (Å²) in [5.74, 6) is 0.0990. The standard InChI is InChI=1S/C18H24FN5O/c1-12(2)17-21-16(18(25)23(3)13-8-10-20-11-9-13)22-24(17)15-7-5-4-6-14(15)19/h4-7,12-13,20H,8-11H2,1-3H3. The van der Waals surface area contributed by atoms with Gasteiger partial charge in [0, 0.05) is 19.0 Å². The largest absolute Gasteiger partial charge is 0.336 e. The van der Waals surface area contributed by atoms with Gasteiger partial charge in [0.25, 0.3) is 5.91 Å². The van der Waals surface area contributed by atoms with Crippen LogP contribution in [0.5, 0.6) is 0 Å². The lowest BCUT2D eigenvalue weighted by molar-refractivity contribution is 0.0691. The minimum absolute atomic E-state index is 0.0119. The van der Waals surface area contributed by atoms with E-state index in [4.69, 9.17) is 0 Å². The summed E-state index contributed by atoms with van der Waals surface area (Å²) in [5.41, 5.74) is 0.308. The number of rotatable bonds is 4. The summed E-state index contributed by atoms with van der Waals surface area (Å²) in [6.07, 6.45) is 1.82. The highest BCUT2D eigenvalue weighted by Crippen LogP contribution is 2.21. The van der Waals surface area contributed by atoms with E-state index < -0.39 is 0 Å². The molecule has 1 aliphatic rings. The SMILES string of the molecule is CC(C)c1nc(C(=O)N(C)C2CCNCC2)nn1-c1ccccc1F. The molecule has 0 unspecified atom stereocenters. The summed E-state index contributed by atoms with van der Waals surface area (Å²) in [4.78, 5) is 19.0. The zero-order chi connectivity index (χ0) is 18.0. The van der Waals surface area contributed by atoms with E-state index in [1.165, 1.54) is 10.7 Å². The van der Waals surface area contributed by atoms with Gasteiger partial charge in [-0.2, -0.15) is 0 Å². The van der Waals surface area contributed by atoms with E-state index in [2.05, 4.69) is 15.4 Å². The molecule has 134 valence electrons. The Kier molecular flexibility index (Phi) is 5.13. The average Bonchev–Trinajstić information content (AvgIpc) is 3.07. The van der Waals surface area contributed by atoms with Crippen LogP contribution in [0.25, 0.3) is 5.69 Å². The molecule has 0 radical (unpaired) electrons. The van der Waals surface area contributed by atoms with Crippen molar-refractivity contribution in [3.63, 3.8) is 0 Å². The van der Waals surface area contributed by atoms with Crippen molar-refractivity contribution < 1.29 is 9.18 Å². The molecule has 1 aromatic carbocycles. The lowest BCUT2D eigenvalue weighted by Gasteiger charge is -2.30. The molecule has 1 fully saturated rings. The molecule has 0 aliphatic carbocycles. The zero-order valence-electron chi connectivity index (χ0n) is 14.9. The first-order chi connectivity index (χ1) is 12.0. The lowest BCUT2D eigenvalue weighted by Crippen LogP contribution is -2.44. The molecule has 6 nitrogen and oxygen atoms in total. The Hall–Kier alpha value is -2.28. The van der Waals surface area contributed by atoms with E-state index in [0.29, 0.717) is 11.5 Å². The summed E-state index contributed by atoms with van der Waals surface area (Å²) in [5, 5.41) is 7.63. The van der Waals surface area contributed by atoms with Crippen molar-refractivity contribution in [1.82, 2.24) is 25.0 Å². The van der Waals surface area contributed by atoms with Gasteiger partial charge in [-0.15, -0.1) is 5.10 Å². The molecule has 2 aromatic rings. The summed E-state index contributed by atoms with van der Waals surface area (Å²) in [7, 11) is 1.79. The Bertz CT molecular complexity index is 752. The molecule has 0 bridgehead atoms. The number of benzene rings is 1. The molecule has 1 aliphatic heterocycles. The van der Waals surface area contributed by atoms with Gasteiger partial charge in [-0.25, -0.2) is 14.1 Å². The van der Waals surface area contributed by atoms with E-state index in [9.17, 15) is 9.18 Å². The number of hydrogen-bond acceptors (Lipinski definition) is 4. The van der Waals surface area contributed by atoms with Crippen molar-refractivity contribution in [2.24, 2.45) is 0 Å². The van der Waals surface area contributed by atoms with Gasteiger partial charge in [-0.1, -0.05) is 26.0 Å². The number of amides is 1. The molecule has 1 saturated heterocycles.